The van der Waals surface area contributed by atoms with Gasteiger partial charge in [-0.3, -0.25) is 0 Å². The van der Waals surface area contributed by atoms with E-state index >= 15 is 0 Å². The molecule has 1 aromatic rings. The van der Waals surface area contributed by atoms with Crippen molar-refractivity contribution in [2.45, 2.75) is 84.0 Å². The number of nitrogens with one attached hydrogen (secondary N) is 1. The summed E-state index contributed by atoms with van der Waals surface area (Å²) in [5.41, 5.74) is 0. The minimum absolute atomic E-state index is 0.626. The molecule has 1 N–H and O–H groups in total. The zero-order valence-corrected chi connectivity index (χ0v) is 14.8. The maximum Gasteiger partial charge on any atom is 0.174 e. The van der Waals surface area contributed by atoms with Gasteiger partial charge >= 0.3 is 0 Å². The van der Waals surface area contributed by atoms with Gasteiger partial charge in [0.05, 0.1) is 12.8 Å². The minimum atomic E-state index is 0.626. The fourth-order valence-corrected chi connectivity index (χ4v) is 2.13. The van der Waals surface area contributed by atoms with Crippen LogP contribution in [0.3, 0.4) is 0 Å². The number of nitrogens with zero attached hydrogens (tertiary/aromatic N) is 3. The van der Waals surface area contributed by atoms with Crippen LogP contribution in [0.1, 0.15) is 83.4 Å². The number of rotatable bonds is 9. The van der Waals surface area contributed by atoms with Crippen molar-refractivity contribution in [1.29, 1.82) is 0 Å². The Kier molecular flexibility index (Phi) is 12.9. The highest BCUT2D eigenvalue weighted by molar-refractivity contribution is 5.16. The van der Waals surface area contributed by atoms with Crippen molar-refractivity contribution in [2.24, 2.45) is 0 Å². The van der Waals surface area contributed by atoms with Crippen LogP contribution in [0.15, 0.2) is 0 Å². The molecule has 0 aliphatic heterocycles. The highest BCUT2D eigenvalue weighted by Crippen LogP contribution is 2.06. The van der Waals surface area contributed by atoms with Gasteiger partial charge in [-0.1, -0.05) is 67.9 Å². The van der Waals surface area contributed by atoms with Gasteiger partial charge in [0.15, 0.2) is 5.82 Å². The molecule has 0 unspecified atom stereocenters. The predicted octanol–water partition coefficient (Wildman–Crippen LogP) is 4.06. The van der Waals surface area contributed by atoms with Crippen molar-refractivity contribution >= 4 is 0 Å². The average molecular weight is 324 g/mol. The normalized spacial score (nSPS) is 9.21. The minimum Gasteiger partial charge on any atom is -0.177 e. The zero-order valence-electron chi connectivity index (χ0n) is 14.8. The SMILES string of the molecule is CCCCCCCCC#CCC#CCC#CCCCc1nn[nH]n1. The Morgan fingerprint density at radius 3 is 2.04 bits per heavy atom. The van der Waals surface area contributed by atoms with Crippen molar-refractivity contribution in [2.75, 3.05) is 0 Å². The highest BCUT2D eigenvalue weighted by atomic mass is 15.5. The lowest BCUT2D eigenvalue weighted by Gasteiger charge is -1.96. The summed E-state index contributed by atoms with van der Waals surface area (Å²) in [5, 5.41) is 13.7. The molecule has 0 aliphatic carbocycles. The molecule has 24 heavy (non-hydrogen) atoms. The molecule has 0 atom stereocenters. The quantitative estimate of drug-likeness (QED) is 0.550. The van der Waals surface area contributed by atoms with Crippen LogP contribution >= 0.6 is 0 Å². The van der Waals surface area contributed by atoms with Gasteiger partial charge in [-0.25, -0.2) is 0 Å². The Morgan fingerprint density at radius 1 is 0.750 bits per heavy atom. The summed E-state index contributed by atoms with van der Waals surface area (Å²) >= 11 is 0. The van der Waals surface area contributed by atoms with Gasteiger partial charge in [0, 0.05) is 19.3 Å². The van der Waals surface area contributed by atoms with Crippen molar-refractivity contribution in [3.05, 3.63) is 5.82 Å². The van der Waals surface area contributed by atoms with E-state index in [0.29, 0.717) is 12.8 Å². The monoisotopic (exact) mass is 324 g/mol. The largest absolute Gasteiger partial charge is 0.177 e. The maximum atomic E-state index is 3.90. The van der Waals surface area contributed by atoms with Gasteiger partial charge in [0.25, 0.3) is 0 Å². The molecular formula is C20H28N4. The summed E-state index contributed by atoms with van der Waals surface area (Å²) in [7, 11) is 0. The number of tetrazole rings is 1. The number of hydrogen-bond acceptors (Lipinski definition) is 3. The number of unbranched alkanes of at least 4 members (excludes halogenated alkanes) is 7. The molecular weight excluding hydrogens is 296 g/mol. The molecule has 1 aromatic heterocycles. The summed E-state index contributed by atoms with van der Waals surface area (Å²) in [4.78, 5) is 0. The number of aromatic amines is 1. The summed E-state index contributed by atoms with van der Waals surface area (Å²) in [5.74, 6) is 19.4. The second-order valence-corrected chi connectivity index (χ2v) is 5.61. The molecule has 128 valence electrons. The number of H-pyrrole nitrogens is 1. The smallest absolute Gasteiger partial charge is 0.174 e. The van der Waals surface area contributed by atoms with E-state index in [0.717, 1.165) is 31.5 Å². The number of aryl methyl sites for hydroxylation is 1. The van der Waals surface area contributed by atoms with Crippen LogP contribution in [-0.4, -0.2) is 20.6 Å². The van der Waals surface area contributed by atoms with E-state index in [9.17, 15) is 0 Å². The van der Waals surface area contributed by atoms with E-state index in [4.69, 9.17) is 0 Å². The molecule has 4 heteroatoms. The van der Waals surface area contributed by atoms with E-state index in [1.807, 2.05) is 0 Å². The van der Waals surface area contributed by atoms with Gasteiger partial charge in [-0.15, -0.1) is 22.0 Å². The van der Waals surface area contributed by atoms with E-state index in [2.05, 4.69) is 63.1 Å². The second kappa shape index (κ2) is 15.6. The summed E-state index contributed by atoms with van der Waals surface area (Å²) in [6.45, 7) is 2.25. The maximum absolute atomic E-state index is 3.90. The number of aromatic nitrogens is 4. The molecule has 0 radical (unpaired) electrons. The van der Waals surface area contributed by atoms with E-state index in [-0.39, 0.29) is 0 Å². The molecule has 0 aromatic carbocycles. The summed E-state index contributed by atoms with van der Waals surface area (Å²) in [6.07, 6.45) is 12.8. The molecule has 1 heterocycles. The van der Waals surface area contributed by atoms with Crippen LogP contribution in [0.2, 0.25) is 0 Å². The third-order valence-corrected chi connectivity index (χ3v) is 3.48. The van der Waals surface area contributed by atoms with Crippen LogP contribution in [0.5, 0.6) is 0 Å². The molecule has 0 saturated carbocycles. The van der Waals surface area contributed by atoms with E-state index < -0.39 is 0 Å². The fraction of sp³-hybridized carbons (Fsp3) is 0.650. The van der Waals surface area contributed by atoms with Crippen molar-refractivity contribution in [1.82, 2.24) is 20.6 Å². The van der Waals surface area contributed by atoms with Crippen LogP contribution in [-0.2, 0) is 6.42 Å². The Labute approximate surface area is 146 Å². The van der Waals surface area contributed by atoms with E-state index in [1.165, 1.54) is 38.5 Å². The molecule has 1 rings (SSSR count). The second-order valence-electron chi connectivity index (χ2n) is 5.61. The Morgan fingerprint density at radius 2 is 1.38 bits per heavy atom. The van der Waals surface area contributed by atoms with Gasteiger partial charge in [0.2, 0.25) is 0 Å². The molecule has 0 spiro atoms. The predicted molar refractivity (Wildman–Crippen MR) is 97.7 cm³/mol. The molecule has 0 aliphatic rings. The third-order valence-electron chi connectivity index (χ3n) is 3.48. The molecule has 0 saturated heterocycles. The van der Waals surface area contributed by atoms with Gasteiger partial charge in [-0.2, -0.15) is 5.21 Å². The van der Waals surface area contributed by atoms with Crippen LogP contribution in [0.25, 0.3) is 0 Å². The first kappa shape index (κ1) is 19.8. The lowest BCUT2D eigenvalue weighted by atomic mass is 10.1. The summed E-state index contributed by atoms with van der Waals surface area (Å²) in [6, 6.07) is 0. The Balaban J connectivity index is 1.92. The lowest BCUT2D eigenvalue weighted by Crippen LogP contribution is -1.87. The first-order valence-electron chi connectivity index (χ1n) is 9.03. The van der Waals surface area contributed by atoms with Crippen molar-refractivity contribution in [3.63, 3.8) is 0 Å². The zero-order chi connectivity index (χ0) is 17.1. The highest BCUT2D eigenvalue weighted by Gasteiger charge is 1.95. The van der Waals surface area contributed by atoms with Gasteiger partial charge < -0.3 is 0 Å². The molecule has 0 bridgehead atoms. The Hall–Kier alpha value is -2.25. The van der Waals surface area contributed by atoms with Crippen LogP contribution in [0.4, 0.5) is 0 Å². The fourth-order valence-electron chi connectivity index (χ4n) is 2.13. The molecule has 0 amide bonds. The first-order valence-corrected chi connectivity index (χ1v) is 9.03. The van der Waals surface area contributed by atoms with E-state index in [1.54, 1.807) is 0 Å². The van der Waals surface area contributed by atoms with Crippen LogP contribution in [0, 0.1) is 35.5 Å². The Bertz CT molecular complexity index is 585. The van der Waals surface area contributed by atoms with Crippen molar-refractivity contribution < 1.29 is 0 Å². The van der Waals surface area contributed by atoms with Crippen molar-refractivity contribution in [3.8, 4) is 35.5 Å². The number of hydrogen-bond donors (Lipinski definition) is 1. The molecule has 0 fully saturated rings. The van der Waals surface area contributed by atoms with Gasteiger partial charge in [-0.05, 0) is 12.8 Å². The molecule has 4 nitrogen and oxygen atoms in total. The standard InChI is InChI=1S/C20H28N4/c1-2-3-4-5-6-7-8-9-10-11-12-13-14-15-16-17-18-19-20-21-23-24-22-20/h2-8,11,14,17-19H2,1H3,(H,21,22,23,24). The van der Waals surface area contributed by atoms with Crippen LogP contribution < -0.4 is 0 Å². The summed E-state index contributed by atoms with van der Waals surface area (Å²) < 4.78 is 0. The topological polar surface area (TPSA) is 54.5 Å². The average Bonchev–Trinajstić information content (AvgIpc) is 3.11. The first-order chi connectivity index (χ1) is 11.9. The lowest BCUT2D eigenvalue weighted by molar-refractivity contribution is 0.614. The van der Waals surface area contributed by atoms with Gasteiger partial charge in [0.1, 0.15) is 0 Å². The third kappa shape index (κ3) is 12.3.